The third kappa shape index (κ3) is 1.82. The van der Waals surface area contributed by atoms with Crippen LogP contribution in [0.3, 0.4) is 0 Å². The summed E-state index contributed by atoms with van der Waals surface area (Å²) in [5.74, 6) is 0. The van der Waals surface area contributed by atoms with Gasteiger partial charge < -0.3 is 15.4 Å². The number of thiocarbonyl (C=S) groups is 1. The Morgan fingerprint density at radius 1 is 1.60 bits per heavy atom. The smallest absolute Gasteiger partial charge is 0.168 e. The molecule has 1 fully saturated rings. The van der Waals surface area contributed by atoms with Gasteiger partial charge in [-0.05, 0) is 19.1 Å². The number of nitrogens with one attached hydrogen (secondary N) is 2. The summed E-state index contributed by atoms with van der Waals surface area (Å²) in [6.07, 6.45) is 1.04. The first-order valence-electron chi connectivity index (χ1n) is 3.32. The van der Waals surface area contributed by atoms with Gasteiger partial charge in [-0.2, -0.15) is 0 Å². The Labute approximate surface area is 66.1 Å². The van der Waals surface area contributed by atoms with Gasteiger partial charge in [0.15, 0.2) is 5.11 Å². The topological polar surface area (TPSA) is 33.3 Å². The van der Waals surface area contributed by atoms with Crippen LogP contribution in [0.15, 0.2) is 0 Å². The number of rotatable bonds is 1. The van der Waals surface area contributed by atoms with Crippen molar-refractivity contribution in [3.8, 4) is 0 Å². The molecule has 2 atom stereocenters. The van der Waals surface area contributed by atoms with E-state index >= 15 is 0 Å². The molecular formula is C6H12N2OS. The Morgan fingerprint density at radius 2 is 2.30 bits per heavy atom. The first-order chi connectivity index (χ1) is 4.72. The molecule has 1 aliphatic rings. The molecule has 0 unspecified atom stereocenters. The molecule has 3 nitrogen and oxygen atoms in total. The minimum absolute atomic E-state index is 0.0868. The van der Waals surface area contributed by atoms with E-state index in [1.54, 1.807) is 7.11 Å². The van der Waals surface area contributed by atoms with E-state index in [1.165, 1.54) is 0 Å². The number of methoxy groups -OCH3 is 1. The summed E-state index contributed by atoms with van der Waals surface area (Å²) in [4.78, 5) is 0. The van der Waals surface area contributed by atoms with Crippen LogP contribution in [-0.4, -0.2) is 24.5 Å². The average Bonchev–Trinajstić information content (AvgIpc) is 1.85. The highest BCUT2D eigenvalue weighted by molar-refractivity contribution is 7.80. The van der Waals surface area contributed by atoms with Crippen molar-refractivity contribution in [2.24, 2.45) is 0 Å². The van der Waals surface area contributed by atoms with Crippen LogP contribution in [0.1, 0.15) is 13.3 Å². The van der Waals surface area contributed by atoms with Crippen molar-refractivity contribution >= 4 is 17.3 Å². The lowest BCUT2D eigenvalue weighted by molar-refractivity contribution is 0.0691. The molecule has 1 rings (SSSR count). The zero-order valence-electron chi connectivity index (χ0n) is 6.18. The van der Waals surface area contributed by atoms with Gasteiger partial charge in [-0.3, -0.25) is 0 Å². The van der Waals surface area contributed by atoms with Gasteiger partial charge in [0.1, 0.15) is 6.23 Å². The molecule has 0 bridgehead atoms. The number of ether oxygens (including phenoxy) is 1. The van der Waals surface area contributed by atoms with Gasteiger partial charge in [0.05, 0.1) is 0 Å². The summed E-state index contributed by atoms with van der Waals surface area (Å²) >= 11 is 4.92. The number of hydrogen-bond acceptors (Lipinski definition) is 2. The zero-order chi connectivity index (χ0) is 7.56. The first-order valence-corrected chi connectivity index (χ1v) is 3.73. The Kier molecular flexibility index (Phi) is 2.45. The second-order valence-electron chi connectivity index (χ2n) is 2.48. The van der Waals surface area contributed by atoms with Gasteiger partial charge in [0.2, 0.25) is 0 Å². The molecule has 2 N–H and O–H groups in total. The SMILES string of the molecule is CO[C@@H]1C[C@H](C)NC(=S)N1. The Morgan fingerprint density at radius 3 is 2.80 bits per heavy atom. The molecule has 4 heteroatoms. The predicted octanol–water partition coefficient (Wildman–Crippen LogP) is 0.215. The van der Waals surface area contributed by atoms with Crippen LogP contribution < -0.4 is 10.6 Å². The minimum Gasteiger partial charge on any atom is -0.362 e. The van der Waals surface area contributed by atoms with Crippen molar-refractivity contribution in [1.82, 2.24) is 10.6 Å². The highest BCUT2D eigenvalue weighted by Crippen LogP contribution is 2.03. The summed E-state index contributed by atoms with van der Waals surface area (Å²) < 4.78 is 5.09. The quantitative estimate of drug-likeness (QED) is 0.537. The van der Waals surface area contributed by atoms with Crippen molar-refractivity contribution in [2.75, 3.05) is 7.11 Å². The second-order valence-corrected chi connectivity index (χ2v) is 2.89. The van der Waals surface area contributed by atoms with E-state index < -0.39 is 0 Å². The van der Waals surface area contributed by atoms with E-state index in [0.717, 1.165) is 6.42 Å². The Balaban J connectivity index is 2.42. The van der Waals surface area contributed by atoms with Crippen LogP contribution >= 0.6 is 12.2 Å². The first kappa shape index (κ1) is 7.75. The molecule has 0 aromatic heterocycles. The lowest BCUT2D eigenvalue weighted by atomic mass is 10.2. The maximum atomic E-state index is 5.09. The van der Waals surface area contributed by atoms with Crippen molar-refractivity contribution in [3.05, 3.63) is 0 Å². The molecule has 0 amide bonds. The van der Waals surface area contributed by atoms with Gasteiger partial charge in [0, 0.05) is 19.6 Å². The molecule has 1 aliphatic heterocycles. The van der Waals surface area contributed by atoms with Gasteiger partial charge in [-0.25, -0.2) is 0 Å². The zero-order valence-corrected chi connectivity index (χ0v) is 6.99. The molecule has 58 valence electrons. The van der Waals surface area contributed by atoms with Crippen molar-refractivity contribution < 1.29 is 4.74 Å². The van der Waals surface area contributed by atoms with E-state index in [4.69, 9.17) is 17.0 Å². The van der Waals surface area contributed by atoms with Crippen LogP contribution in [0.25, 0.3) is 0 Å². The van der Waals surface area contributed by atoms with Crippen molar-refractivity contribution in [1.29, 1.82) is 0 Å². The van der Waals surface area contributed by atoms with Crippen LogP contribution in [0.2, 0.25) is 0 Å². The van der Waals surface area contributed by atoms with Gasteiger partial charge >= 0.3 is 0 Å². The summed E-state index contributed by atoms with van der Waals surface area (Å²) in [6, 6.07) is 0.415. The summed E-state index contributed by atoms with van der Waals surface area (Å²) in [6.45, 7) is 2.08. The Hall–Kier alpha value is -0.350. The van der Waals surface area contributed by atoms with E-state index in [1.807, 2.05) is 0 Å². The fraction of sp³-hybridized carbons (Fsp3) is 0.833. The van der Waals surface area contributed by atoms with Crippen LogP contribution in [0.5, 0.6) is 0 Å². The van der Waals surface area contributed by atoms with Crippen LogP contribution in [-0.2, 0) is 4.74 Å². The van der Waals surface area contributed by atoms with Gasteiger partial charge in [-0.15, -0.1) is 0 Å². The summed E-state index contributed by atoms with van der Waals surface area (Å²) in [7, 11) is 1.68. The van der Waals surface area contributed by atoms with E-state index in [9.17, 15) is 0 Å². The fourth-order valence-corrected chi connectivity index (χ4v) is 1.34. The van der Waals surface area contributed by atoms with Crippen molar-refractivity contribution in [3.63, 3.8) is 0 Å². The van der Waals surface area contributed by atoms with Gasteiger partial charge in [-0.1, -0.05) is 0 Å². The third-order valence-corrected chi connectivity index (χ3v) is 1.76. The fourth-order valence-electron chi connectivity index (χ4n) is 1.01. The monoisotopic (exact) mass is 160 g/mol. The van der Waals surface area contributed by atoms with E-state index in [-0.39, 0.29) is 6.23 Å². The number of hydrogen-bond donors (Lipinski definition) is 2. The maximum Gasteiger partial charge on any atom is 0.168 e. The third-order valence-electron chi connectivity index (χ3n) is 1.52. The summed E-state index contributed by atoms with van der Waals surface area (Å²) in [5.41, 5.74) is 0. The highest BCUT2D eigenvalue weighted by Gasteiger charge is 2.19. The molecule has 10 heavy (non-hydrogen) atoms. The average molecular weight is 160 g/mol. The van der Waals surface area contributed by atoms with Crippen LogP contribution in [0, 0.1) is 0 Å². The normalized spacial score (nSPS) is 32.8. The van der Waals surface area contributed by atoms with E-state index in [2.05, 4.69) is 17.6 Å². The van der Waals surface area contributed by atoms with Crippen LogP contribution in [0.4, 0.5) is 0 Å². The maximum absolute atomic E-state index is 5.09. The molecule has 1 heterocycles. The molecule has 0 aromatic rings. The molecular weight excluding hydrogens is 148 g/mol. The minimum atomic E-state index is 0.0868. The predicted molar refractivity (Wildman–Crippen MR) is 43.7 cm³/mol. The largest absolute Gasteiger partial charge is 0.362 e. The van der Waals surface area contributed by atoms with E-state index in [0.29, 0.717) is 11.2 Å². The lowest BCUT2D eigenvalue weighted by Gasteiger charge is -2.29. The second kappa shape index (κ2) is 3.16. The highest BCUT2D eigenvalue weighted by atomic mass is 32.1. The lowest BCUT2D eigenvalue weighted by Crippen LogP contribution is -2.53. The molecule has 0 saturated carbocycles. The van der Waals surface area contributed by atoms with Gasteiger partial charge in [0.25, 0.3) is 0 Å². The molecule has 0 aliphatic carbocycles. The Bertz CT molecular complexity index is 140. The molecule has 0 spiro atoms. The summed E-state index contributed by atoms with van der Waals surface area (Å²) in [5, 5.41) is 6.76. The standard InChI is InChI=1S/C6H12N2OS/c1-4-3-5(9-2)8-6(10)7-4/h4-5H,3H2,1-2H3,(H2,7,8,10)/t4-,5+/m0/s1. The molecule has 0 radical (unpaired) electrons. The van der Waals surface area contributed by atoms with Crippen molar-refractivity contribution in [2.45, 2.75) is 25.6 Å². The molecule has 1 saturated heterocycles. The molecule has 0 aromatic carbocycles.